The maximum atomic E-state index is 11.8. The molecule has 4 rings (SSSR count). The number of carbonyl (C=O) groups excluding carboxylic acids is 1. The van der Waals surface area contributed by atoms with Gasteiger partial charge in [-0.1, -0.05) is 59.8 Å². The summed E-state index contributed by atoms with van der Waals surface area (Å²) in [6.07, 6.45) is 0.920. The SMILES string of the molecule is O=CC(c1cccc2ccccc12)n1nnc2ccccc21. The third-order valence-corrected chi connectivity index (χ3v) is 3.91. The van der Waals surface area contributed by atoms with Crippen LogP contribution in [0.25, 0.3) is 21.8 Å². The zero-order valence-electron chi connectivity index (χ0n) is 11.8. The lowest BCUT2D eigenvalue weighted by molar-refractivity contribution is -0.109. The molecule has 0 fully saturated rings. The molecule has 0 radical (unpaired) electrons. The Kier molecular flexibility index (Phi) is 2.93. The highest BCUT2D eigenvalue weighted by atomic mass is 16.1. The van der Waals surface area contributed by atoms with Gasteiger partial charge in [-0.05, 0) is 28.5 Å². The van der Waals surface area contributed by atoms with E-state index < -0.39 is 6.04 Å². The van der Waals surface area contributed by atoms with Crippen LogP contribution < -0.4 is 0 Å². The van der Waals surface area contributed by atoms with E-state index in [0.717, 1.165) is 33.7 Å². The smallest absolute Gasteiger partial charge is 0.149 e. The number of nitrogens with zero attached hydrogens (tertiary/aromatic N) is 3. The molecule has 1 unspecified atom stereocenters. The average Bonchev–Trinajstić information content (AvgIpc) is 3.00. The van der Waals surface area contributed by atoms with Crippen LogP contribution >= 0.6 is 0 Å². The fraction of sp³-hybridized carbons (Fsp3) is 0.0556. The summed E-state index contributed by atoms with van der Waals surface area (Å²) in [5.74, 6) is 0. The van der Waals surface area contributed by atoms with E-state index in [9.17, 15) is 4.79 Å². The van der Waals surface area contributed by atoms with Crippen molar-refractivity contribution in [3.05, 3.63) is 72.3 Å². The number of hydrogen-bond acceptors (Lipinski definition) is 3. The molecule has 0 saturated carbocycles. The van der Waals surface area contributed by atoms with Gasteiger partial charge >= 0.3 is 0 Å². The number of carbonyl (C=O) groups is 1. The van der Waals surface area contributed by atoms with Gasteiger partial charge in [0.15, 0.2) is 0 Å². The highest BCUT2D eigenvalue weighted by Crippen LogP contribution is 2.27. The zero-order valence-corrected chi connectivity index (χ0v) is 11.8. The number of para-hydroxylation sites is 1. The lowest BCUT2D eigenvalue weighted by atomic mass is 9.99. The van der Waals surface area contributed by atoms with Crippen molar-refractivity contribution in [3.8, 4) is 0 Å². The summed E-state index contributed by atoms with van der Waals surface area (Å²) >= 11 is 0. The maximum Gasteiger partial charge on any atom is 0.149 e. The van der Waals surface area contributed by atoms with Gasteiger partial charge in [0.05, 0.1) is 5.52 Å². The van der Waals surface area contributed by atoms with Crippen molar-refractivity contribution < 1.29 is 4.79 Å². The molecule has 22 heavy (non-hydrogen) atoms. The standard InChI is InChI=1S/C18H13N3O/c22-12-18(21-17-11-4-3-10-16(17)19-20-21)15-9-5-7-13-6-1-2-8-14(13)15/h1-12,18H. The first-order valence-corrected chi connectivity index (χ1v) is 7.11. The molecule has 0 aliphatic carbocycles. The van der Waals surface area contributed by atoms with Crippen molar-refractivity contribution in [2.75, 3.05) is 0 Å². The quantitative estimate of drug-likeness (QED) is 0.543. The number of rotatable bonds is 3. The van der Waals surface area contributed by atoms with Gasteiger partial charge in [0.1, 0.15) is 17.8 Å². The summed E-state index contributed by atoms with van der Waals surface area (Å²) < 4.78 is 1.68. The normalized spacial score (nSPS) is 12.5. The van der Waals surface area contributed by atoms with E-state index in [2.05, 4.69) is 10.3 Å². The largest absolute Gasteiger partial charge is 0.301 e. The lowest BCUT2D eigenvalue weighted by Crippen LogP contribution is -2.14. The van der Waals surface area contributed by atoms with Gasteiger partial charge in [-0.2, -0.15) is 0 Å². The Morgan fingerprint density at radius 1 is 0.909 bits per heavy atom. The van der Waals surface area contributed by atoms with Crippen molar-refractivity contribution >= 4 is 28.1 Å². The molecule has 0 bridgehead atoms. The summed E-state index contributed by atoms with van der Waals surface area (Å²) in [5, 5.41) is 10.5. The van der Waals surface area contributed by atoms with Crippen LogP contribution in [0, 0.1) is 0 Å². The number of hydrogen-bond donors (Lipinski definition) is 0. The van der Waals surface area contributed by atoms with Crippen LogP contribution in [0.15, 0.2) is 66.7 Å². The molecule has 1 heterocycles. The molecule has 0 saturated heterocycles. The van der Waals surface area contributed by atoms with E-state index >= 15 is 0 Å². The molecule has 1 atom stereocenters. The van der Waals surface area contributed by atoms with Crippen molar-refractivity contribution in [2.45, 2.75) is 6.04 Å². The topological polar surface area (TPSA) is 47.8 Å². The molecule has 106 valence electrons. The molecule has 0 spiro atoms. The molecule has 0 amide bonds. The molecule has 0 N–H and O–H groups in total. The van der Waals surface area contributed by atoms with E-state index in [1.54, 1.807) is 4.68 Å². The molecule has 4 nitrogen and oxygen atoms in total. The van der Waals surface area contributed by atoms with Crippen LogP contribution in [-0.4, -0.2) is 21.3 Å². The Labute approximate surface area is 127 Å². The Balaban J connectivity index is 1.97. The van der Waals surface area contributed by atoms with Gasteiger partial charge in [-0.15, -0.1) is 5.10 Å². The summed E-state index contributed by atoms with van der Waals surface area (Å²) in [5.41, 5.74) is 2.57. The van der Waals surface area contributed by atoms with Crippen molar-refractivity contribution in [2.24, 2.45) is 0 Å². The van der Waals surface area contributed by atoms with E-state index in [4.69, 9.17) is 0 Å². The monoisotopic (exact) mass is 287 g/mol. The second-order valence-electron chi connectivity index (χ2n) is 5.17. The second-order valence-corrected chi connectivity index (χ2v) is 5.17. The first-order chi connectivity index (χ1) is 10.9. The highest BCUT2D eigenvalue weighted by molar-refractivity contribution is 5.89. The predicted octanol–water partition coefficient (Wildman–Crippen LogP) is 3.37. The predicted molar refractivity (Wildman–Crippen MR) is 85.7 cm³/mol. The van der Waals surface area contributed by atoms with Gasteiger partial charge < -0.3 is 4.79 Å². The van der Waals surface area contributed by atoms with Crippen LogP contribution in [-0.2, 0) is 4.79 Å². The van der Waals surface area contributed by atoms with E-state index in [0.29, 0.717) is 0 Å². The summed E-state index contributed by atoms with van der Waals surface area (Å²) in [7, 11) is 0. The van der Waals surface area contributed by atoms with Crippen LogP contribution in [0.4, 0.5) is 0 Å². The van der Waals surface area contributed by atoms with Crippen LogP contribution in [0.5, 0.6) is 0 Å². The Morgan fingerprint density at radius 3 is 2.59 bits per heavy atom. The fourth-order valence-corrected chi connectivity index (χ4v) is 2.86. The Morgan fingerprint density at radius 2 is 1.68 bits per heavy atom. The molecule has 4 heteroatoms. The molecule has 4 aromatic rings. The molecule has 1 aromatic heterocycles. The first kappa shape index (κ1) is 12.7. The van der Waals surface area contributed by atoms with Crippen molar-refractivity contribution in [1.29, 1.82) is 0 Å². The van der Waals surface area contributed by atoms with Gasteiger partial charge in [0.25, 0.3) is 0 Å². The van der Waals surface area contributed by atoms with E-state index in [-0.39, 0.29) is 0 Å². The van der Waals surface area contributed by atoms with Crippen molar-refractivity contribution in [3.63, 3.8) is 0 Å². The highest BCUT2D eigenvalue weighted by Gasteiger charge is 2.18. The van der Waals surface area contributed by atoms with Gasteiger partial charge in [-0.3, -0.25) is 0 Å². The van der Waals surface area contributed by atoms with Gasteiger partial charge in [-0.25, -0.2) is 4.68 Å². The number of aromatic nitrogens is 3. The number of fused-ring (bicyclic) bond motifs is 2. The minimum atomic E-state index is -0.488. The number of benzene rings is 3. The molecule has 0 aliphatic rings. The molecular formula is C18H13N3O. The van der Waals surface area contributed by atoms with Crippen LogP contribution in [0.3, 0.4) is 0 Å². The zero-order chi connectivity index (χ0) is 14.9. The Bertz CT molecular complexity index is 969. The number of aldehydes is 1. The third-order valence-electron chi connectivity index (χ3n) is 3.91. The summed E-state index contributed by atoms with van der Waals surface area (Å²) in [6.45, 7) is 0. The van der Waals surface area contributed by atoms with Gasteiger partial charge in [0.2, 0.25) is 0 Å². The van der Waals surface area contributed by atoms with Crippen molar-refractivity contribution in [1.82, 2.24) is 15.0 Å². The van der Waals surface area contributed by atoms with E-state index in [1.165, 1.54) is 0 Å². The van der Waals surface area contributed by atoms with Crippen LogP contribution in [0.1, 0.15) is 11.6 Å². The first-order valence-electron chi connectivity index (χ1n) is 7.11. The Hall–Kier alpha value is -3.01. The minimum absolute atomic E-state index is 0.488. The molecule has 0 aliphatic heterocycles. The van der Waals surface area contributed by atoms with Crippen LogP contribution in [0.2, 0.25) is 0 Å². The maximum absolute atomic E-state index is 11.8. The fourth-order valence-electron chi connectivity index (χ4n) is 2.86. The van der Waals surface area contributed by atoms with Gasteiger partial charge in [0, 0.05) is 0 Å². The average molecular weight is 287 g/mol. The minimum Gasteiger partial charge on any atom is -0.301 e. The summed E-state index contributed by atoms with van der Waals surface area (Å²) in [6, 6.07) is 21.2. The van der Waals surface area contributed by atoms with E-state index in [1.807, 2.05) is 66.7 Å². The lowest BCUT2D eigenvalue weighted by Gasteiger charge is -2.14. The third kappa shape index (κ3) is 1.89. The molecule has 3 aromatic carbocycles. The second kappa shape index (κ2) is 5.07. The molecular weight excluding hydrogens is 274 g/mol. The summed E-state index contributed by atoms with van der Waals surface area (Å²) in [4.78, 5) is 11.8.